The molecule has 0 unspecified atom stereocenters. The van der Waals surface area contributed by atoms with Gasteiger partial charge in [-0.3, -0.25) is 9.69 Å². The van der Waals surface area contributed by atoms with Crippen molar-refractivity contribution in [1.82, 2.24) is 24.8 Å². The second-order valence-corrected chi connectivity index (χ2v) is 7.77. The highest BCUT2D eigenvalue weighted by molar-refractivity contribution is 6.03. The summed E-state index contributed by atoms with van der Waals surface area (Å²) in [5.41, 5.74) is 3.41. The first kappa shape index (κ1) is 21.1. The summed E-state index contributed by atoms with van der Waals surface area (Å²) < 4.78 is 14.7. The van der Waals surface area contributed by atoms with Gasteiger partial charge in [0.05, 0.1) is 11.4 Å². The molecule has 1 fully saturated rings. The summed E-state index contributed by atoms with van der Waals surface area (Å²) in [7, 11) is 0. The molecule has 3 aromatic rings. The molecule has 1 aliphatic rings. The molecule has 0 bridgehead atoms. The number of likely N-dealkylation sites (N-methyl/N-ethyl adjacent to an activating group) is 1. The fourth-order valence-corrected chi connectivity index (χ4v) is 3.77. The number of amides is 1. The minimum Gasteiger partial charge on any atom is -0.321 e. The fourth-order valence-electron chi connectivity index (χ4n) is 3.77. The number of benzene rings is 2. The molecule has 0 radical (unpaired) electrons. The Labute approximate surface area is 181 Å². The van der Waals surface area contributed by atoms with Crippen LogP contribution in [0.15, 0.2) is 48.5 Å². The molecule has 31 heavy (non-hydrogen) atoms. The van der Waals surface area contributed by atoms with Gasteiger partial charge < -0.3 is 10.2 Å². The second-order valence-electron chi connectivity index (χ2n) is 7.77. The first-order chi connectivity index (χ1) is 15.0. The molecule has 1 aliphatic heterocycles. The molecule has 2 heterocycles. The molecule has 7 nitrogen and oxygen atoms in total. The lowest BCUT2D eigenvalue weighted by molar-refractivity contribution is 0.102. The van der Waals surface area contributed by atoms with Crippen molar-refractivity contribution >= 4 is 11.6 Å². The molecule has 0 spiro atoms. The number of carbonyl (C=O) groups is 1. The van der Waals surface area contributed by atoms with Gasteiger partial charge in [-0.15, -0.1) is 5.10 Å². The van der Waals surface area contributed by atoms with Gasteiger partial charge in [-0.1, -0.05) is 24.3 Å². The summed E-state index contributed by atoms with van der Waals surface area (Å²) >= 11 is 0. The van der Waals surface area contributed by atoms with E-state index in [-0.39, 0.29) is 17.4 Å². The van der Waals surface area contributed by atoms with E-state index < -0.39 is 0 Å². The van der Waals surface area contributed by atoms with E-state index in [9.17, 15) is 9.18 Å². The Hall–Kier alpha value is -3.10. The third-order valence-corrected chi connectivity index (χ3v) is 5.71. The van der Waals surface area contributed by atoms with Crippen LogP contribution in [0.25, 0.3) is 5.69 Å². The van der Waals surface area contributed by atoms with E-state index >= 15 is 0 Å². The Morgan fingerprint density at radius 1 is 1.00 bits per heavy atom. The highest BCUT2D eigenvalue weighted by Gasteiger charge is 2.18. The van der Waals surface area contributed by atoms with Crippen LogP contribution in [0, 0.1) is 12.7 Å². The first-order valence-corrected chi connectivity index (χ1v) is 10.6. The monoisotopic (exact) mass is 422 g/mol. The summed E-state index contributed by atoms with van der Waals surface area (Å²) in [6.07, 6.45) is 0. The summed E-state index contributed by atoms with van der Waals surface area (Å²) in [5.74, 6) is -0.652. The van der Waals surface area contributed by atoms with Gasteiger partial charge in [-0.25, -0.2) is 9.07 Å². The Balaban J connectivity index is 1.37. The lowest BCUT2D eigenvalue weighted by Crippen LogP contribution is -2.45. The summed E-state index contributed by atoms with van der Waals surface area (Å²) in [4.78, 5) is 17.6. The van der Waals surface area contributed by atoms with Gasteiger partial charge in [-0.05, 0) is 55.4 Å². The molecule has 1 aromatic heterocycles. The third kappa shape index (κ3) is 4.98. The van der Waals surface area contributed by atoms with Crippen LogP contribution < -0.4 is 5.32 Å². The molecule has 1 saturated heterocycles. The van der Waals surface area contributed by atoms with Crippen molar-refractivity contribution in [2.45, 2.75) is 20.4 Å². The van der Waals surface area contributed by atoms with E-state index in [1.807, 2.05) is 24.3 Å². The standard InChI is InChI=1S/C23H27FN6O/c1-3-28-12-14-29(15-13-28)16-18-4-8-20(9-5-18)25-23(31)22-17(2)30(27-26-22)21-10-6-19(24)7-11-21/h4-11H,3,12-16H2,1-2H3,(H,25,31). The lowest BCUT2D eigenvalue weighted by atomic mass is 10.1. The molecule has 0 atom stereocenters. The third-order valence-electron chi connectivity index (χ3n) is 5.71. The van der Waals surface area contributed by atoms with Crippen LogP contribution in [0.1, 0.15) is 28.7 Å². The quantitative estimate of drug-likeness (QED) is 0.661. The summed E-state index contributed by atoms with van der Waals surface area (Å²) in [6, 6.07) is 13.8. The molecular weight excluding hydrogens is 395 g/mol. The topological polar surface area (TPSA) is 66.3 Å². The van der Waals surface area contributed by atoms with Crippen LogP contribution in [-0.4, -0.2) is 63.4 Å². The molecule has 162 valence electrons. The first-order valence-electron chi connectivity index (χ1n) is 10.6. The SMILES string of the molecule is CCN1CCN(Cc2ccc(NC(=O)c3nnn(-c4ccc(F)cc4)c3C)cc2)CC1. The molecule has 0 aliphatic carbocycles. The second kappa shape index (κ2) is 9.36. The number of rotatable bonds is 6. The van der Waals surface area contributed by atoms with Crippen LogP contribution in [0.3, 0.4) is 0 Å². The number of nitrogens with zero attached hydrogens (tertiary/aromatic N) is 5. The van der Waals surface area contributed by atoms with Gasteiger partial charge in [0.15, 0.2) is 5.69 Å². The van der Waals surface area contributed by atoms with Crippen molar-refractivity contribution in [3.05, 3.63) is 71.3 Å². The number of hydrogen-bond donors (Lipinski definition) is 1. The van der Waals surface area contributed by atoms with Crippen molar-refractivity contribution in [2.24, 2.45) is 0 Å². The van der Waals surface area contributed by atoms with E-state index in [0.717, 1.165) is 39.3 Å². The molecule has 8 heteroatoms. The molecule has 2 aromatic carbocycles. The van der Waals surface area contributed by atoms with Crippen LogP contribution >= 0.6 is 0 Å². The maximum atomic E-state index is 13.2. The molecule has 1 amide bonds. The smallest absolute Gasteiger partial charge is 0.278 e. The van der Waals surface area contributed by atoms with Gasteiger partial charge in [0.2, 0.25) is 0 Å². The van der Waals surface area contributed by atoms with Crippen molar-refractivity contribution in [3.63, 3.8) is 0 Å². The Kier molecular flexibility index (Phi) is 6.39. The predicted octanol–water partition coefficient (Wildman–Crippen LogP) is 3.10. The summed E-state index contributed by atoms with van der Waals surface area (Å²) in [6.45, 7) is 10.4. The Bertz CT molecular complexity index is 1020. The zero-order valence-corrected chi connectivity index (χ0v) is 17.9. The van der Waals surface area contributed by atoms with Gasteiger partial charge in [0, 0.05) is 38.4 Å². The average molecular weight is 423 g/mol. The molecule has 4 rings (SSSR count). The zero-order valence-electron chi connectivity index (χ0n) is 17.9. The maximum Gasteiger partial charge on any atom is 0.278 e. The largest absolute Gasteiger partial charge is 0.321 e. The number of anilines is 1. The molecule has 0 saturated carbocycles. The van der Waals surface area contributed by atoms with E-state index in [1.165, 1.54) is 22.4 Å². The number of carbonyl (C=O) groups excluding carboxylic acids is 1. The highest BCUT2D eigenvalue weighted by atomic mass is 19.1. The summed E-state index contributed by atoms with van der Waals surface area (Å²) in [5, 5.41) is 10.9. The number of halogens is 1. The van der Waals surface area contributed by atoms with Crippen LogP contribution in [0.2, 0.25) is 0 Å². The lowest BCUT2D eigenvalue weighted by Gasteiger charge is -2.34. The van der Waals surface area contributed by atoms with Crippen LogP contribution in [0.4, 0.5) is 10.1 Å². The highest BCUT2D eigenvalue weighted by Crippen LogP contribution is 2.16. The number of nitrogens with one attached hydrogen (secondary N) is 1. The van der Waals surface area contributed by atoms with E-state index in [0.29, 0.717) is 17.1 Å². The van der Waals surface area contributed by atoms with Crippen molar-refractivity contribution in [3.8, 4) is 5.69 Å². The van der Waals surface area contributed by atoms with Crippen molar-refractivity contribution < 1.29 is 9.18 Å². The normalized spacial score (nSPS) is 15.2. The minimum absolute atomic E-state index is 0.238. The van der Waals surface area contributed by atoms with Crippen molar-refractivity contribution in [2.75, 3.05) is 38.0 Å². The number of aromatic nitrogens is 3. The Morgan fingerprint density at radius 3 is 2.29 bits per heavy atom. The molecule has 1 N–H and O–H groups in total. The Morgan fingerprint density at radius 2 is 1.65 bits per heavy atom. The zero-order chi connectivity index (χ0) is 21.8. The van der Waals surface area contributed by atoms with E-state index in [1.54, 1.807) is 19.1 Å². The van der Waals surface area contributed by atoms with Crippen LogP contribution in [-0.2, 0) is 6.54 Å². The van der Waals surface area contributed by atoms with Crippen LogP contribution in [0.5, 0.6) is 0 Å². The maximum absolute atomic E-state index is 13.2. The van der Waals surface area contributed by atoms with E-state index in [2.05, 4.69) is 32.4 Å². The van der Waals surface area contributed by atoms with Gasteiger partial charge in [0.1, 0.15) is 5.82 Å². The number of piperazine rings is 1. The van der Waals surface area contributed by atoms with E-state index in [4.69, 9.17) is 0 Å². The van der Waals surface area contributed by atoms with Gasteiger partial charge in [0.25, 0.3) is 5.91 Å². The van der Waals surface area contributed by atoms with Crippen molar-refractivity contribution in [1.29, 1.82) is 0 Å². The van der Waals surface area contributed by atoms with Gasteiger partial charge >= 0.3 is 0 Å². The average Bonchev–Trinajstić information content (AvgIpc) is 3.17. The fraction of sp³-hybridized carbons (Fsp3) is 0.348. The predicted molar refractivity (Wildman–Crippen MR) is 118 cm³/mol. The van der Waals surface area contributed by atoms with Gasteiger partial charge in [-0.2, -0.15) is 0 Å². The minimum atomic E-state index is -0.328. The molecular formula is C23H27FN6O. The number of hydrogen-bond acceptors (Lipinski definition) is 5.